The summed E-state index contributed by atoms with van der Waals surface area (Å²) >= 11 is 0. The lowest BCUT2D eigenvalue weighted by Gasteiger charge is -2.43. The van der Waals surface area contributed by atoms with Gasteiger partial charge in [0, 0.05) is 71.2 Å². The summed E-state index contributed by atoms with van der Waals surface area (Å²) in [7, 11) is 1.98. The maximum absolute atomic E-state index is 12.6. The van der Waals surface area contributed by atoms with Gasteiger partial charge >= 0.3 is 0 Å². The molecule has 29 heavy (non-hydrogen) atoms. The molecular weight excluding hydrogens is 370 g/mol. The summed E-state index contributed by atoms with van der Waals surface area (Å²) in [5.41, 5.74) is 2.23. The van der Waals surface area contributed by atoms with Crippen molar-refractivity contribution in [1.82, 2.24) is 24.5 Å². The Morgan fingerprint density at radius 2 is 1.83 bits per heavy atom. The van der Waals surface area contributed by atoms with Crippen LogP contribution in [0.5, 0.6) is 0 Å². The lowest BCUT2D eigenvalue weighted by atomic mass is 9.90. The van der Waals surface area contributed by atoms with Crippen molar-refractivity contribution < 1.29 is 14.3 Å². The topological polar surface area (TPSA) is 63.1 Å². The summed E-state index contributed by atoms with van der Waals surface area (Å²) in [5, 5.41) is 4.46. The van der Waals surface area contributed by atoms with Gasteiger partial charge in [0.2, 0.25) is 5.91 Å². The van der Waals surface area contributed by atoms with E-state index in [4.69, 9.17) is 9.47 Å². The predicted molar refractivity (Wildman–Crippen MR) is 110 cm³/mol. The maximum atomic E-state index is 12.6. The molecule has 0 aromatic carbocycles. The van der Waals surface area contributed by atoms with E-state index in [1.54, 1.807) is 0 Å². The van der Waals surface area contributed by atoms with Gasteiger partial charge in [-0.2, -0.15) is 5.10 Å². The second-order valence-electron chi connectivity index (χ2n) is 8.74. The number of likely N-dealkylation sites (tertiary alicyclic amines) is 1. The third kappa shape index (κ3) is 5.17. The van der Waals surface area contributed by atoms with Crippen LogP contribution in [0.1, 0.15) is 30.5 Å². The summed E-state index contributed by atoms with van der Waals surface area (Å²) in [4.78, 5) is 19.6. The average Bonchev–Trinajstić information content (AvgIpc) is 2.95. The SMILES string of the molecule is Cc1nn(C)cc1CN1CCC2(CC1)CN(CCN1CCOCC1)C(=O)CCO2. The van der Waals surface area contributed by atoms with E-state index in [0.29, 0.717) is 13.0 Å². The molecule has 0 N–H and O–H groups in total. The molecule has 0 bridgehead atoms. The van der Waals surface area contributed by atoms with Gasteiger partial charge in [0.05, 0.1) is 37.5 Å². The molecule has 0 aliphatic carbocycles. The highest BCUT2D eigenvalue weighted by Gasteiger charge is 2.40. The van der Waals surface area contributed by atoms with Crippen molar-refractivity contribution in [2.24, 2.45) is 7.05 Å². The number of aryl methyl sites for hydroxylation is 2. The highest BCUT2D eigenvalue weighted by atomic mass is 16.5. The van der Waals surface area contributed by atoms with Crippen LogP contribution in [-0.2, 0) is 27.9 Å². The second-order valence-corrected chi connectivity index (χ2v) is 8.74. The number of piperidine rings is 1. The first kappa shape index (κ1) is 20.8. The Morgan fingerprint density at radius 1 is 1.07 bits per heavy atom. The lowest BCUT2D eigenvalue weighted by Crippen LogP contribution is -2.53. The number of amides is 1. The summed E-state index contributed by atoms with van der Waals surface area (Å²) in [5.74, 6) is 0.239. The zero-order valence-electron chi connectivity index (χ0n) is 17.9. The molecule has 1 amide bonds. The minimum absolute atomic E-state index is 0.183. The van der Waals surface area contributed by atoms with E-state index in [-0.39, 0.29) is 11.5 Å². The summed E-state index contributed by atoms with van der Waals surface area (Å²) in [6.07, 6.45) is 4.58. The Labute approximate surface area is 173 Å². The van der Waals surface area contributed by atoms with Crippen LogP contribution in [0.25, 0.3) is 0 Å². The van der Waals surface area contributed by atoms with Gasteiger partial charge in [0.1, 0.15) is 0 Å². The number of carbonyl (C=O) groups excluding carboxylic acids is 1. The van der Waals surface area contributed by atoms with Gasteiger partial charge in [-0.15, -0.1) is 0 Å². The smallest absolute Gasteiger partial charge is 0.225 e. The molecule has 0 unspecified atom stereocenters. The van der Waals surface area contributed by atoms with Gasteiger partial charge in [-0.05, 0) is 19.8 Å². The van der Waals surface area contributed by atoms with Crippen molar-refractivity contribution in [3.05, 3.63) is 17.5 Å². The van der Waals surface area contributed by atoms with Crippen LogP contribution in [0.2, 0.25) is 0 Å². The number of aromatic nitrogens is 2. The fourth-order valence-corrected chi connectivity index (χ4v) is 4.75. The molecule has 4 heterocycles. The van der Waals surface area contributed by atoms with Gasteiger partial charge in [-0.3, -0.25) is 19.3 Å². The molecule has 0 saturated carbocycles. The molecule has 3 aliphatic rings. The average molecular weight is 406 g/mol. The first-order valence-electron chi connectivity index (χ1n) is 11.0. The largest absolute Gasteiger partial charge is 0.379 e. The Kier molecular flexibility index (Phi) is 6.53. The quantitative estimate of drug-likeness (QED) is 0.717. The van der Waals surface area contributed by atoms with Crippen LogP contribution < -0.4 is 0 Å². The first-order chi connectivity index (χ1) is 14.0. The van der Waals surface area contributed by atoms with E-state index >= 15 is 0 Å². The van der Waals surface area contributed by atoms with Gasteiger partial charge < -0.3 is 14.4 Å². The Balaban J connectivity index is 1.32. The predicted octanol–water partition coefficient (Wildman–Crippen LogP) is 0.644. The van der Waals surface area contributed by atoms with Crippen LogP contribution in [-0.4, -0.2) is 102 Å². The number of nitrogens with zero attached hydrogens (tertiary/aromatic N) is 5. The number of hydrogen-bond acceptors (Lipinski definition) is 6. The molecule has 8 heteroatoms. The van der Waals surface area contributed by atoms with Crippen LogP contribution in [0.3, 0.4) is 0 Å². The molecule has 3 aliphatic heterocycles. The third-order valence-corrected chi connectivity index (χ3v) is 6.62. The van der Waals surface area contributed by atoms with Gasteiger partial charge in [0.15, 0.2) is 0 Å². The van der Waals surface area contributed by atoms with E-state index in [9.17, 15) is 4.79 Å². The molecular formula is C21H35N5O3. The number of hydrogen-bond donors (Lipinski definition) is 0. The van der Waals surface area contributed by atoms with E-state index < -0.39 is 0 Å². The van der Waals surface area contributed by atoms with Gasteiger partial charge in [-0.1, -0.05) is 0 Å². The Bertz CT molecular complexity index is 692. The maximum Gasteiger partial charge on any atom is 0.225 e. The number of carbonyl (C=O) groups is 1. The molecule has 1 aromatic heterocycles. The molecule has 3 saturated heterocycles. The van der Waals surface area contributed by atoms with Crippen molar-refractivity contribution >= 4 is 5.91 Å². The molecule has 0 atom stereocenters. The van der Waals surface area contributed by atoms with Crippen LogP contribution in [0, 0.1) is 6.92 Å². The normalized spacial score (nSPS) is 24.2. The van der Waals surface area contributed by atoms with Crippen LogP contribution >= 0.6 is 0 Å². The Morgan fingerprint density at radius 3 is 2.52 bits per heavy atom. The van der Waals surface area contributed by atoms with E-state index in [0.717, 1.165) is 84.1 Å². The van der Waals surface area contributed by atoms with E-state index in [1.807, 2.05) is 11.7 Å². The highest BCUT2D eigenvalue weighted by molar-refractivity contribution is 5.76. The van der Waals surface area contributed by atoms with Gasteiger partial charge in [0.25, 0.3) is 0 Å². The number of morpholine rings is 1. The van der Waals surface area contributed by atoms with E-state index in [1.165, 1.54) is 5.56 Å². The summed E-state index contributed by atoms with van der Waals surface area (Å²) < 4.78 is 13.6. The second kappa shape index (κ2) is 9.12. The van der Waals surface area contributed by atoms with Crippen molar-refractivity contribution in [2.75, 3.05) is 65.6 Å². The van der Waals surface area contributed by atoms with Crippen LogP contribution in [0.4, 0.5) is 0 Å². The minimum Gasteiger partial charge on any atom is -0.379 e. The van der Waals surface area contributed by atoms with Crippen molar-refractivity contribution in [1.29, 1.82) is 0 Å². The molecule has 4 rings (SSSR count). The van der Waals surface area contributed by atoms with Gasteiger partial charge in [-0.25, -0.2) is 0 Å². The molecule has 1 aromatic rings. The lowest BCUT2D eigenvalue weighted by molar-refractivity contribution is -0.132. The molecule has 8 nitrogen and oxygen atoms in total. The van der Waals surface area contributed by atoms with Crippen molar-refractivity contribution in [2.45, 2.75) is 38.3 Å². The highest BCUT2D eigenvalue weighted by Crippen LogP contribution is 2.31. The number of rotatable bonds is 5. The van der Waals surface area contributed by atoms with Crippen molar-refractivity contribution in [3.63, 3.8) is 0 Å². The van der Waals surface area contributed by atoms with Crippen molar-refractivity contribution in [3.8, 4) is 0 Å². The van der Waals surface area contributed by atoms with E-state index in [2.05, 4.69) is 32.9 Å². The minimum atomic E-state index is -0.183. The third-order valence-electron chi connectivity index (χ3n) is 6.62. The molecule has 0 radical (unpaired) electrons. The summed E-state index contributed by atoms with van der Waals surface area (Å²) in [6.45, 7) is 11.5. The number of ether oxygens (including phenoxy) is 2. The molecule has 1 spiro atoms. The zero-order chi connectivity index (χ0) is 20.3. The molecule has 162 valence electrons. The van der Waals surface area contributed by atoms with Crippen LogP contribution in [0.15, 0.2) is 6.20 Å². The zero-order valence-corrected chi connectivity index (χ0v) is 17.9. The fraction of sp³-hybridized carbons (Fsp3) is 0.810. The standard InChI is InChI=1S/C21H35N5O3/c1-18-19(15-23(2)22-18)16-25-6-4-21(5-7-25)17-26(20(27)3-12-29-21)9-8-24-10-13-28-14-11-24/h15H,3-14,16-17H2,1-2H3. The first-order valence-corrected chi connectivity index (χ1v) is 11.0. The molecule has 3 fully saturated rings. The summed E-state index contributed by atoms with van der Waals surface area (Å²) in [6, 6.07) is 0. The monoisotopic (exact) mass is 405 g/mol. The fourth-order valence-electron chi connectivity index (χ4n) is 4.75. The Hall–Kier alpha value is -1.48.